The van der Waals surface area contributed by atoms with Gasteiger partial charge in [0.25, 0.3) is 0 Å². The van der Waals surface area contributed by atoms with Gasteiger partial charge in [0.05, 0.1) is 13.7 Å². The molecule has 4 nitrogen and oxygen atoms in total. The second kappa shape index (κ2) is 8.32. The molecule has 0 bridgehead atoms. The maximum Gasteiger partial charge on any atom is 0.123 e. The Morgan fingerprint density at radius 2 is 1.71 bits per heavy atom. The first-order chi connectivity index (χ1) is 11.1. The molecule has 0 unspecified atom stereocenters. The van der Waals surface area contributed by atoms with Crippen molar-refractivity contribution in [1.29, 1.82) is 0 Å². The number of benzene rings is 1. The topological polar surface area (TPSA) is 35.9 Å². The number of aliphatic hydroxyl groups is 1. The van der Waals surface area contributed by atoms with Crippen LogP contribution in [0.3, 0.4) is 0 Å². The van der Waals surface area contributed by atoms with Crippen molar-refractivity contribution in [2.24, 2.45) is 0 Å². The molecule has 138 valence electrons. The van der Waals surface area contributed by atoms with Gasteiger partial charge in [0.1, 0.15) is 5.75 Å². The van der Waals surface area contributed by atoms with Crippen LogP contribution >= 0.6 is 0 Å². The van der Waals surface area contributed by atoms with Crippen LogP contribution in [0.5, 0.6) is 5.75 Å². The average molecular weight is 337 g/mol. The van der Waals surface area contributed by atoms with Gasteiger partial charge in [-0.05, 0) is 54.3 Å². The largest absolute Gasteiger partial charge is 0.496 e. The summed E-state index contributed by atoms with van der Waals surface area (Å²) in [4.78, 5) is 4.67. The number of aliphatic hydroxyl groups excluding tert-OH is 1. The third kappa shape index (κ3) is 4.71. The van der Waals surface area contributed by atoms with Gasteiger partial charge in [0, 0.05) is 29.2 Å². The van der Waals surface area contributed by atoms with Crippen LogP contribution in [0.4, 0.5) is 0 Å². The van der Waals surface area contributed by atoms with Crippen molar-refractivity contribution < 1.29 is 9.84 Å². The minimum absolute atomic E-state index is 0.0153. The lowest BCUT2D eigenvalue weighted by Crippen LogP contribution is -2.55. The number of para-hydroxylation sites is 1. The number of ether oxygens (including phenoxy) is 1. The van der Waals surface area contributed by atoms with Crippen molar-refractivity contribution in [3.8, 4) is 5.75 Å². The number of rotatable bonds is 8. The lowest BCUT2D eigenvalue weighted by molar-refractivity contribution is 0.0191. The van der Waals surface area contributed by atoms with Crippen LogP contribution in [0, 0.1) is 0 Å². The van der Waals surface area contributed by atoms with E-state index in [1.165, 1.54) is 5.56 Å². The normalized spacial score (nSPS) is 14.3. The summed E-state index contributed by atoms with van der Waals surface area (Å²) in [6.45, 7) is 15.0. The van der Waals surface area contributed by atoms with Gasteiger partial charge in [0.2, 0.25) is 0 Å². The highest BCUT2D eigenvalue weighted by Crippen LogP contribution is 2.34. The first-order valence-electron chi connectivity index (χ1n) is 8.81. The number of hydrogen-bond donors (Lipinski definition) is 1. The van der Waals surface area contributed by atoms with Crippen LogP contribution in [0.25, 0.3) is 0 Å². The van der Waals surface area contributed by atoms with Gasteiger partial charge >= 0.3 is 0 Å². The zero-order chi connectivity index (χ0) is 18.5. The molecular formula is C20H36N2O2. The number of likely N-dealkylation sites (N-methyl/N-ethyl adjacent to an activating group) is 2. The summed E-state index contributed by atoms with van der Waals surface area (Å²) in [6.07, 6.45) is 0. The highest BCUT2D eigenvalue weighted by Gasteiger charge is 2.34. The van der Waals surface area contributed by atoms with Crippen molar-refractivity contribution in [3.63, 3.8) is 0 Å². The summed E-state index contributed by atoms with van der Waals surface area (Å²) in [5.41, 5.74) is 0.999. The average Bonchev–Trinajstić information content (AvgIpc) is 2.54. The van der Waals surface area contributed by atoms with Crippen LogP contribution in [-0.2, 0) is 5.54 Å². The van der Waals surface area contributed by atoms with E-state index in [1.807, 2.05) is 12.1 Å². The predicted octanol–water partition coefficient (Wildman–Crippen LogP) is 3.34. The van der Waals surface area contributed by atoms with Crippen LogP contribution in [0.1, 0.15) is 47.1 Å². The van der Waals surface area contributed by atoms with E-state index in [0.29, 0.717) is 0 Å². The Bertz CT molecular complexity index is 509. The van der Waals surface area contributed by atoms with Crippen molar-refractivity contribution in [1.82, 2.24) is 9.80 Å². The molecule has 24 heavy (non-hydrogen) atoms. The van der Waals surface area contributed by atoms with Gasteiger partial charge in [-0.15, -0.1) is 0 Å². The smallest absolute Gasteiger partial charge is 0.123 e. The van der Waals surface area contributed by atoms with E-state index >= 15 is 0 Å². The Labute approximate surface area is 148 Å². The van der Waals surface area contributed by atoms with E-state index < -0.39 is 0 Å². The molecule has 1 atom stereocenters. The summed E-state index contributed by atoms with van der Waals surface area (Å²) in [6, 6.07) is 8.27. The molecule has 0 amide bonds. The zero-order valence-electron chi connectivity index (χ0n) is 16.8. The number of hydrogen-bond acceptors (Lipinski definition) is 4. The maximum absolute atomic E-state index is 9.95. The molecule has 1 N–H and O–H groups in total. The van der Waals surface area contributed by atoms with E-state index in [4.69, 9.17) is 4.74 Å². The Balaban J connectivity index is 3.10. The van der Waals surface area contributed by atoms with Gasteiger partial charge in [-0.25, -0.2) is 0 Å². The van der Waals surface area contributed by atoms with Crippen LogP contribution in [0.15, 0.2) is 24.3 Å². The maximum atomic E-state index is 9.95. The lowest BCUT2D eigenvalue weighted by Gasteiger charge is -2.45. The minimum atomic E-state index is -0.187. The second-order valence-corrected chi connectivity index (χ2v) is 7.92. The van der Waals surface area contributed by atoms with E-state index in [-0.39, 0.29) is 23.7 Å². The van der Waals surface area contributed by atoms with E-state index in [2.05, 4.69) is 70.5 Å². The number of nitrogens with zero attached hydrogens (tertiary/aromatic N) is 2. The SMILES string of the molecule is CCN(C[C@H](CO)N(C)C(C)(C)C)C(C)(C)c1ccccc1OC. The van der Waals surface area contributed by atoms with E-state index in [9.17, 15) is 5.11 Å². The molecule has 0 saturated heterocycles. The van der Waals surface area contributed by atoms with Crippen molar-refractivity contribution in [3.05, 3.63) is 29.8 Å². The molecule has 0 heterocycles. The molecule has 4 heteroatoms. The molecule has 0 radical (unpaired) electrons. The monoisotopic (exact) mass is 336 g/mol. The Kier molecular flexibility index (Phi) is 7.26. The van der Waals surface area contributed by atoms with Gasteiger partial charge in [-0.3, -0.25) is 9.80 Å². The molecule has 0 fully saturated rings. The highest BCUT2D eigenvalue weighted by atomic mass is 16.5. The summed E-state index contributed by atoms with van der Waals surface area (Å²) >= 11 is 0. The fourth-order valence-corrected chi connectivity index (χ4v) is 3.18. The standard InChI is InChI=1S/C20H36N2O2/c1-9-22(14-16(15-23)21(7)19(2,3)4)20(5,6)17-12-10-11-13-18(17)24-8/h10-13,16,23H,9,14-15H2,1-8H3/t16-/m1/s1. The summed E-state index contributed by atoms with van der Waals surface area (Å²) in [5.74, 6) is 0.908. The first kappa shape index (κ1) is 20.9. The molecule has 0 aliphatic heterocycles. The lowest BCUT2D eigenvalue weighted by atomic mass is 9.90. The van der Waals surface area contributed by atoms with Crippen LogP contribution in [-0.4, -0.2) is 60.3 Å². The van der Waals surface area contributed by atoms with Crippen LogP contribution in [0.2, 0.25) is 0 Å². The minimum Gasteiger partial charge on any atom is -0.496 e. The molecular weight excluding hydrogens is 300 g/mol. The molecule has 0 aromatic heterocycles. The molecule has 1 rings (SSSR count). The molecule has 1 aromatic carbocycles. The Morgan fingerprint density at radius 1 is 1.12 bits per heavy atom. The fourth-order valence-electron chi connectivity index (χ4n) is 3.18. The Morgan fingerprint density at radius 3 is 2.17 bits per heavy atom. The van der Waals surface area contributed by atoms with Crippen molar-refractivity contribution >= 4 is 0 Å². The van der Waals surface area contributed by atoms with Gasteiger partial charge in [-0.2, -0.15) is 0 Å². The van der Waals surface area contributed by atoms with Crippen molar-refractivity contribution in [2.75, 3.05) is 33.9 Å². The van der Waals surface area contributed by atoms with Gasteiger partial charge in [-0.1, -0.05) is 25.1 Å². The predicted molar refractivity (Wildman–Crippen MR) is 102 cm³/mol. The molecule has 0 spiro atoms. The van der Waals surface area contributed by atoms with Gasteiger partial charge < -0.3 is 9.84 Å². The second-order valence-electron chi connectivity index (χ2n) is 7.92. The zero-order valence-corrected chi connectivity index (χ0v) is 16.8. The third-order valence-electron chi connectivity index (χ3n) is 5.19. The van der Waals surface area contributed by atoms with Crippen molar-refractivity contribution in [2.45, 2.75) is 58.7 Å². The summed E-state index contributed by atoms with van der Waals surface area (Å²) in [7, 11) is 3.81. The molecule has 0 aliphatic carbocycles. The van der Waals surface area contributed by atoms with E-state index in [0.717, 1.165) is 18.8 Å². The van der Waals surface area contributed by atoms with Crippen LogP contribution < -0.4 is 4.74 Å². The quantitative estimate of drug-likeness (QED) is 0.790. The Hall–Kier alpha value is -1.10. The van der Waals surface area contributed by atoms with E-state index in [1.54, 1.807) is 7.11 Å². The summed E-state index contributed by atoms with van der Waals surface area (Å²) in [5, 5.41) is 9.95. The molecule has 0 saturated carbocycles. The third-order valence-corrected chi connectivity index (χ3v) is 5.19. The highest BCUT2D eigenvalue weighted by molar-refractivity contribution is 5.38. The molecule has 1 aromatic rings. The first-order valence-corrected chi connectivity index (χ1v) is 8.81. The molecule has 0 aliphatic rings. The number of methoxy groups -OCH3 is 1. The fraction of sp³-hybridized carbons (Fsp3) is 0.700. The van der Waals surface area contributed by atoms with Gasteiger partial charge in [0.15, 0.2) is 0 Å². The summed E-state index contributed by atoms with van der Waals surface area (Å²) < 4.78 is 5.57.